The Morgan fingerprint density at radius 3 is 2.77 bits per heavy atom. The molecule has 0 radical (unpaired) electrons. The standard InChI is InChI=1S/C24H29NO6/c1-24(2,31-18-10-8-14-25-15-18)23-29-16-17(9-4-3-5-13-21(27)28)22(30-23)19-11-6-7-12-20(19)26/h3-4,6-8,10-12,14-15,17,22-23,26H,5,9,13,16H2,1-2H3,(H,27,28)/b4-3-. The van der Waals surface area contributed by atoms with Gasteiger partial charge in [-0.3, -0.25) is 9.78 Å². The summed E-state index contributed by atoms with van der Waals surface area (Å²) in [6, 6.07) is 10.7. The number of carbonyl (C=O) groups is 1. The summed E-state index contributed by atoms with van der Waals surface area (Å²) in [4.78, 5) is 14.8. The summed E-state index contributed by atoms with van der Waals surface area (Å²) < 4.78 is 18.5. The Kier molecular flexibility index (Phi) is 7.65. The van der Waals surface area contributed by atoms with Gasteiger partial charge in [-0.1, -0.05) is 30.4 Å². The van der Waals surface area contributed by atoms with E-state index in [2.05, 4.69) is 4.98 Å². The van der Waals surface area contributed by atoms with E-state index in [1.807, 2.05) is 44.2 Å². The quantitative estimate of drug-likeness (QED) is 0.569. The van der Waals surface area contributed by atoms with Gasteiger partial charge >= 0.3 is 5.97 Å². The second-order valence-corrected chi connectivity index (χ2v) is 8.07. The van der Waals surface area contributed by atoms with Gasteiger partial charge in [0.25, 0.3) is 0 Å². The van der Waals surface area contributed by atoms with Gasteiger partial charge in [0.15, 0.2) is 11.9 Å². The molecule has 0 aliphatic carbocycles. The Labute approximate surface area is 182 Å². The summed E-state index contributed by atoms with van der Waals surface area (Å²) in [6.45, 7) is 4.18. The first-order valence-electron chi connectivity index (χ1n) is 10.4. The number of aromatic hydroxyl groups is 1. The Morgan fingerprint density at radius 2 is 2.06 bits per heavy atom. The Hall–Kier alpha value is -2.90. The maximum Gasteiger partial charge on any atom is 0.303 e. The Bertz CT molecular complexity index is 883. The van der Waals surface area contributed by atoms with Gasteiger partial charge in [-0.2, -0.15) is 0 Å². The number of aliphatic carboxylic acids is 1. The molecular weight excluding hydrogens is 398 g/mol. The SMILES string of the molecule is CC(C)(Oc1cccnc1)C1OCC(C/C=C\CCC(=O)O)C(c2ccccc2O)O1. The van der Waals surface area contributed by atoms with Crippen LogP contribution in [0.2, 0.25) is 0 Å². The lowest BCUT2D eigenvalue weighted by atomic mass is 9.90. The molecule has 7 nitrogen and oxygen atoms in total. The number of hydrogen-bond donors (Lipinski definition) is 2. The molecule has 7 heteroatoms. The van der Waals surface area contributed by atoms with Crippen LogP contribution in [0.25, 0.3) is 0 Å². The lowest BCUT2D eigenvalue weighted by Gasteiger charge is -2.43. The highest BCUT2D eigenvalue weighted by molar-refractivity contribution is 5.66. The van der Waals surface area contributed by atoms with E-state index in [0.29, 0.717) is 30.8 Å². The minimum Gasteiger partial charge on any atom is -0.508 e. The summed E-state index contributed by atoms with van der Waals surface area (Å²) in [5, 5.41) is 19.2. The Balaban J connectivity index is 1.74. The van der Waals surface area contributed by atoms with Crippen molar-refractivity contribution in [1.29, 1.82) is 0 Å². The summed E-state index contributed by atoms with van der Waals surface area (Å²) in [6.07, 6.45) is 7.26. The van der Waals surface area contributed by atoms with Gasteiger partial charge in [0, 0.05) is 24.1 Å². The summed E-state index contributed by atoms with van der Waals surface area (Å²) in [7, 11) is 0. The zero-order valence-electron chi connectivity index (χ0n) is 17.8. The lowest BCUT2D eigenvalue weighted by molar-refractivity contribution is -0.288. The Morgan fingerprint density at radius 1 is 1.26 bits per heavy atom. The fraction of sp³-hybridized carbons (Fsp3) is 0.417. The lowest BCUT2D eigenvalue weighted by Crippen LogP contribution is -2.50. The van der Waals surface area contributed by atoms with Crippen LogP contribution in [0.15, 0.2) is 60.9 Å². The van der Waals surface area contributed by atoms with E-state index in [1.165, 1.54) is 0 Å². The van der Waals surface area contributed by atoms with Crippen molar-refractivity contribution in [2.24, 2.45) is 5.92 Å². The van der Waals surface area contributed by atoms with E-state index in [1.54, 1.807) is 30.6 Å². The van der Waals surface area contributed by atoms with E-state index < -0.39 is 24.0 Å². The van der Waals surface area contributed by atoms with Gasteiger partial charge in [-0.15, -0.1) is 0 Å². The smallest absolute Gasteiger partial charge is 0.303 e. The van der Waals surface area contributed by atoms with Crippen molar-refractivity contribution in [3.63, 3.8) is 0 Å². The number of phenols is 1. The molecule has 2 aromatic rings. The number of aromatic nitrogens is 1. The fourth-order valence-electron chi connectivity index (χ4n) is 3.55. The third-order valence-electron chi connectivity index (χ3n) is 5.12. The van der Waals surface area contributed by atoms with Gasteiger partial charge in [0.05, 0.1) is 18.9 Å². The first-order chi connectivity index (χ1) is 14.9. The number of nitrogens with zero attached hydrogens (tertiary/aromatic N) is 1. The maximum absolute atomic E-state index is 10.7. The van der Waals surface area contributed by atoms with Crippen LogP contribution >= 0.6 is 0 Å². The van der Waals surface area contributed by atoms with Crippen molar-refractivity contribution in [3.8, 4) is 11.5 Å². The molecule has 0 spiro atoms. The largest absolute Gasteiger partial charge is 0.508 e. The molecule has 1 saturated heterocycles. The van der Waals surface area contributed by atoms with Gasteiger partial charge < -0.3 is 24.4 Å². The molecule has 166 valence electrons. The van der Waals surface area contributed by atoms with E-state index >= 15 is 0 Å². The zero-order chi connectivity index (χ0) is 22.3. The molecule has 0 saturated carbocycles. The van der Waals surface area contributed by atoms with E-state index in [4.69, 9.17) is 19.3 Å². The number of ether oxygens (including phenoxy) is 3. The minimum atomic E-state index is -0.820. The number of carboxylic acids is 1. The van der Waals surface area contributed by atoms with Crippen LogP contribution in [-0.4, -0.2) is 39.7 Å². The highest BCUT2D eigenvalue weighted by atomic mass is 16.7. The highest BCUT2D eigenvalue weighted by Crippen LogP contribution is 2.41. The number of allylic oxidation sites excluding steroid dienone is 2. The second-order valence-electron chi connectivity index (χ2n) is 8.07. The van der Waals surface area contributed by atoms with Gasteiger partial charge in [-0.05, 0) is 44.9 Å². The van der Waals surface area contributed by atoms with Crippen LogP contribution in [0.5, 0.6) is 11.5 Å². The van der Waals surface area contributed by atoms with Crippen molar-refractivity contribution < 1.29 is 29.2 Å². The molecule has 2 heterocycles. The maximum atomic E-state index is 10.7. The number of carboxylic acid groups (broad SMARTS) is 1. The first-order valence-corrected chi connectivity index (χ1v) is 10.4. The minimum absolute atomic E-state index is 0.0418. The predicted molar refractivity (Wildman–Crippen MR) is 115 cm³/mol. The molecule has 1 aromatic carbocycles. The average molecular weight is 427 g/mol. The van der Waals surface area contributed by atoms with Crippen LogP contribution in [-0.2, 0) is 14.3 Å². The van der Waals surface area contributed by atoms with Crippen molar-refractivity contribution in [1.82, 2.24) is 4.98 Å². The van der Waals surface area contributed by atoms with E-state index in [9.17, 15) is 9.90 Å². The second kappa shape index (κ2) is 10.4. The van der Waals surface area contributed by atoms with Crippen molar-refractivity contribution in [2.45, 2.75) is 51.1 Å². The topological polar surface area (TPSA) is 98.1 Å². The van der Waals surface area contributed by atoms with Crippen LogP contribution in [0.4, 0.5) is 0 Å². The molecular formula is C24H29NO6. The number of hydrogen-bond acceptors (Lipinski definition) is 6. The number of benzene rings is 1. The number of phenolic OH excluding ortho intramolecular Hbond substituents is 1. The molecule has 0 bridgehead atoms. The third-order valence-corrected chi connectivity index (χ3v) is 5.12. The van der Waals surface area contributed by atoms with E-state index in [0.717, 1.165) is 0 Å². The third kappa shape index (κ3) is 6.29. The number of pyridine rings is 1. The molecule has 0 amide bonds. The van der Waals surface area contributed by atoms with Crippen LogP contribution < -0.4 is 4.74 Å². The van der Waals surface area contributed by atoms with Gasteiger partial charge in [0.2, 0.25) is 0 Å². The monoisotopic (exact) mass is 427 g/mol. The number of rotatable bonds is 9. The molecule has 3 atom stereocenters. The van der Waals surface area contributed by atoms with Crippen molar-refractivity contribution >= 4 is 5.97 Å². The normalized spacial score (nSPS) is 21.8. The predicted octanol–water partition coefficient (Wildman–Crippen LogP) is 4.49. The average Bonchev–Trinajstić information content (AvgIpc) is 2.74. The molecule has 1 aliphatic heterocycles. The molecule has 1 aromatic heterocycles. The molecule has 2 N–H and O–H groups in total. The first kappa shape index (κ1) is 22.8. The highest BCUT2D eigenvalue weighted by Gasteiger charge is 2.42. The van der Waals surface area contributed by atoms with Crippen LogP contribution in [0.3, 0.4) is 0 Å². The van der Waals surface area contributed by atoms with Gasteiger partial charge in [-0.25, -0.2) is 0 Å². The van der Waals surface area contributed by atoms with Crippen LogP contribution in [0, 0.1) is 5.92 Å². The molecule has 3 unspecified atom stereocenters. The zero-order valence-corrected chi connectivity index (χ0v) is 17.8. The molecule has 1 fully saturated rings. The van der Waals surface area contributed by atoms with Gasteiger partial charge in [0.1, 0.15) is 11.5 Å². The van der Waals surface area contributed by atoms with Crippen LogP contribution in [0.1, 0.15) is 44.8 Å². The summed E-state index contributed by atoms with van der Waals surface area (Å²) >= 11 is 0. The number of para-hydroxylation sites is 1. The molecule has 3 rings (SSSR count). The molecule has 31 heavy (non-hydrogen) atoms. The fourth-order valence-corrected chi connectivity index (χ4v) is 3.55. The molecule has 1 aliphatic rings. The summed E-state index contributed by atoms with van der Waals surface area (Å²) in [5.41, 5.74) is -0.106. The van der Waals surface area contributed by atoms with Crippen molar-refractivity contribution in [2.75, 3.05) is 6.61 Å². The summed E-state index contributed by atoms with van der Waals surface area (Å²) in [5.74, 6) is -0.0825. The van der Waals surface area contributed by atoms with E-state index in [-0.39, 0.29) is 18.1 Å². The van der Waals surface area contributed by atoms with Crippen molar-refractivity contribution in [3.05, 3.63) is 66.5 Å².